The van der Waals surface area contributed by atoms with Gasteiger partial charge in [0, 0.05) is 27.2 Å². The number of carbonyl (C=O) groups excluding carboxylic acids is 1. The fraction of sp³-hybridized carbons (Fsp3) is 0.0769. The molecule has 0 bridgehead atoms. The van der Waals surface area contributed by atoms with Gasteiger partial charge in [0.15, 0.2) is 5.58 Å². The first-order valence-electron chi connectivity index (χ1n) is 10.2. The van der Waals surface area contributed by atoms with Gasteiger partial charge in [0.2, 0.25) is 5.89 Å². The Labute approximate surface area is 198 Å². The maximum Gasteiger partial charge on any atom is 0.256 e. The second-order valence-electron chi connectivity index (χ2n) is 7.47. The number of anilines is 1. The average molecular weight is 506 g/mol. The van der Waals surface area contributed by atoms with Crippen LogP contribution in [0.5, 0.6) is 0 Å². The number of aromatic nitrogens is 1. The molecule has 0 radical (unpaired) electrons. The summed E-state index contributed by atoms with van der Waals surface area (Å²) in [4.78, 5) is 17.6. The molecule has 4 aromatic carbocycles. The lowest BCUT2D eigenvalue weighted by atomic mass is 10.0. The molecule has 5 rings (SSSR count). The second kappa shape index (κ2) is 8.41. The number of rotatable bonds is 4. The molecule has 158 valence electrons. The van der Waals surface area contributed by atoms with Crippen molar-refractivity contribution in [2.24, 2.45) is 0 Å². The lowest BCUT2D eigenvalue weighted by Gasteiger charge is -2.09. The van der Waals surface area contributed by atoms with E-state index >= 15 is 0 Å². The van der Waals surface area contributed by atoms with Crippen LogP contribution in [0.15, 0.2) is 81.7 Å². The van der Waals surface area contributed by atoms with E-state index in [4.69, 9.17) is 16.0 Å². The first-order chi connectivity index (χ1) is 15.5. The summed E-state index contributed by atoms with van der Waals surface area (Å²) in [5.41, 5.74) is 4.83. The van der Waals surface area contributed by atoms with Crippen LogP contribution in [0.1, 0.15) is 22.8 Å². The molecule has 6 heteroatoms. The lowest BCUT2D eigenvalue weighted by molar-refractivity contribution is 0.102. The Kier molecular flexibility index (Phi) is 5.45. The minimum atomic E-state index is -0.191. The van der Waals surface area contributed by atoms with Crippen LogP contribution in [0, 0.1) is 0 Å². The van der Waals surface area contributed by atoms with Crippen LogP contribution in [0.3, 0.4) is 0 Å². The normalized spacial score (nSPS) is 11.2. The predicted octanol–water partition coefficient (Wildman–Crippen LogP) is 7.88. The van der Waals surface area contributed by atoms with Gasteiger partial charge in [0.25, 0.3) is 5.91 Å². The predicted molar refractivity (Wildman–Crippen MR) is 133 cm³/mol. The molecule has 1 amide bonds. The van der Waals surface area contributed by atoms with Crippen LogP contribution < -0.4 is 5.32 Å². The van der Waals surface area contributed by atoms with Gasteiger partial charge < -0.3 is 9.73 Å². The number of hydrogen-bond donors (Lipinski definition) is 1. The molecule has 0 aliphatic heterocycles. The van der Waals surface area contributed by atoms with E-state index in [1.54, 1.807) is 6.07 Å². The van der Waals surface area contributed by atoms with Crippen LogP contribution in [0.25, 0.3) is 33.3 Å². The maximum absolute atomic E-state index is 12.9. The van der Waals surface area contributed by atoms with E-state index in [0.717, 1.165) is 38.3 Å². The van der Waals surface area contributed by atoms with Crippen molar-refractivity contribution in [1.29, 1.82) is 0 Å². The van der Waals surface area contributed by atoms with E-state index in [0.29, 0.717) is 22.2 Å². The maximum atomic E-state index is 12.9. The number of aryl methyl sites for hydroxylation is 1. The smallest absolute Gasteiger partial charge is 0.256 e. The van der Waals surface area contributed by atoms with Gasteiger partial charge in [-0.2, -0.15) is 0 Å². The van der Waals surface area contributed by atoms with Crippen LogP contribution in [0.2, 0.25) is 5.02 Å². The van der Waals surface area contributed by atoms with Crippen molar-refractivity contribution in [1.82, 2.24) is 4.98 Å². The molecule has 0 atom stereocenters. The number of oxazole rings is 1. The monoisotopic (exact) mass is 504 g/mol. The van der Waals surface area contributed by atoms with Crippen molar-refractivity contribution in [2.75, 3.05) is 5.32 Å². The molecule has 0 spiro atoms. The molecule has 0 saturated carbocycles. The Morgan fingerprint density at radius 2 is 1.78 bits per heavy atom. The third kappa shape index (κ3) is 3.78. The topological polar surface area (TPSA) is 55.1 Å². The number of nitrogens with zero attached hydrogens (tertiary/aromatic N) is 1. The third-order valence-corrected chi connectivity index (χ3v) is 6.33. The third-order valence-electron chi connectivity index (χ3n) is 5.42. The fourth-order valence-corrected chi connectivity index (χ4v) is 4.55. The molecule has 0 aliphatic carbocycles. The van der Waals surface area contributed by atoms with Gasteiger partial charge in [0.05, 0.1) is 4.47 Å². The quantitative estimate of drug-likeness (QED) is 0.270. The van der Waals surface area contributed by atoms with Crippen LogP contribution in [-0.4, -0.2) is 10.9 Å². The molecule has 0 saturated heterocycles. The highest BCUT2D eigenvalue weighted by molar-refractivity contribution is 9.10. The zero-order chi connectivity index (χ0) is 22.2. The Morgan fingerprint density at radius 1 is 1.03 bits per heavy atom. The Hall–Kier alpha value is -3.15. The molecule has 0 unspecified atom stereocenters. The highest BCUT2D eigenvalue weighted by Gasteiger charge is 2.14. The van der Waals surface area contributed by atoms with Crippen molar-refractivity contribution in [2.45, 2.75) is 13.3 Å². The van der Waals surface area contributed by atoms with Crippen LogP contribution in [-0.2, 0) is 6.42 Å². The number of carbonyl (C=O) groups is 1. The molecule has 4 nitrogen and oxygen atoms in total. The summed E-state index contributed by atoms with van der Waals surface area (Å²) in [5.74, 6) is 0.346. The van der Waals surface area contributed by atoms with E-state index in [1.165, 1.54) is 5.56 Å². The molecule has 5 aromatic rings. The first-order valence-corrected chi connectivity index (χ1v) is 11.4. The highest BCUT2D eigenvalue weighted by atomic mass is 79.9. The minimum absolute atomic E-state index is 0.191. The largest absolute Gasteiger partial charge is 0.435 e. The summed E-state index contributed by atoms with van der Waals surface area (Å²) in [6, 6.07) is 22.6. The summed E-state index contributed by atoms with van der Waals surface area (Å²) in [5, 5.41) is 5.25. The van der Waals surface area contributed by atoms with Crippen molar-refractivity contribution < 1.29 is 9.21 Å². The highest BCUT2D eigenvalue weighted by Crippen LogP contribution is 2.32. The van der Waals surface area contributed by atoms with E-state index in [1.807, 2.05) is 60.7 Å². The van der Waals surface area contributed by atoms with E-state index in [9.17, 15) is 4.79 Å². The molecular formula is C26H18BrClN2O2. The van der Waals surface area contributed by atoms with Gasteiger partial charge in [0.1, 0.15) is 5.52 Å². The first kappa shape index (κ1) is 20.7. The van der Waals surface area contributed by atoms with Crippen molar-refractivity contribution >= 4 is 61.0 Å². The molecule has 1 N–H and O–H groups in total. The second-order valence-corrected chi connectivity index (χ2v) is 8.73. The van der Waals surface area contributed by atoms with E-state index in [-0.39, 0.29) is 5.91 Å². The van der Waals surface area contributed by atoms with Crippen LogP contribution >= 0.6 is 27.5 Å². The fourth-order valence-electron chi connectivity index (χ4n) is 3.74. The molecular weight excluding hydrogens is 488 g/mol. The van der Waals surface area contributed by atoms with Crippen molar-refractivity contribution in [3.63, 3.8) is 0 Å². The van der Waals surface area contributed by atoms with Crippen molar-refractivity contribution in [3.8, 4) is 11.5 Å². The Balaban J connectivity index is 1.41. The van der Waals surface area contributed by atoms with Gasteiger partial charge in [-0.15, -0.1) is 0 Å². The summed E-state index contributed by atoms with van der Waals surface area (Å²) in [6.45, 7) is 2.11. The summed E-state index contributed by atoms with van der Waals surface area (Å²) in [7, 11) is 0. The summed E-state index contributed by atoms with van der Waals surface area (Å²) >= 11 is 9.84. The van der Waals surface area contributed by atoms with Gasteiger partial charge in [-0.25, -0.2) is 4.98 Å². The molecule has 0 aliphatic rings. The number of benzene rings is 4. The van der Waals surface area contributed by atoms with E-state index in [2.05, 4.69) is 39.2 Å². The zero-order valence-corrected chi connectivity index (χ0v) is 19.5. The van der Waals surface area contributed by atoms with Gasteiger partial charge in [-0.05, 0) is 81.8 Å². The number of amides is 1. The number of hydrogen-bond acceptors (Lipinski definition) is 3. The Bertz CT molecular complexity index is 1480. The Morgan fingerprint density at radius 3 is 2.56 bits per heavy atom. The van der Waals surface area contributed by atoms with Gasteiger partial charge >= 0.3 is 0 Å². The van der Waals surface area contributed by atoms with Gasteiger partial charge in [-0.3, -0.25) is 4.79 Å². The average Bonchev–Trinajstić information content (AvgIpc) is 3.24. The van der Waals surface area contributed by atoms with E-state index < -0.39 is 0 Å². The molecule has 1 aromatic heterocycles. The molecule has 0 fully saturated rings. The molecule has 1 heterocycles. The van der Waals surface area contributed by atoms with Crippen molar-refractivity contribution in [3.05, 3.63) is 93.4 Å². The lowest BCUT2D eigenvalue weighted by Crippen LogP contribution is -2.12. The number of fused-ring (bicyclic) bond motifs is 2. The minimum Gasteiger partial charge on any atom is -0.435 e. The zero-order valence-electron chi connectivity index (χ0n) is 17.2. The SMILES string of the molecule is CCc1cc(Br)c2oc(-c3ccc(NC(=O)c4cccc5c(Cl)cccc45)cc3)nc2c1. The van der Waals surface area contributed by atoms with Gasteiger partial charge in [-0.1, -0.05) is 42.8 Å². The summed E-state index contributed by atoms with van der Waals surface area (Å²) in [6.07, 6.45) is 0.925. The molecule has 32 heavy (non-hydrogen) atoms. The standard InChI is InChI=1S/C26H18BrClN2O2/c1-2-15-13-21(27)24-23(14-15)30-26(32-24)16-9-11-17(12-10-16)29-25(31)20-7-3-6-19-18(20)5-4-8-22(19)28/h3-14H,2H2,1H3,(H,29,31). The number of halogens is 2. The number of nitrogens with one attached hydrogen (secondary N) is 1. The summed E-state index contributed by atoms with van der Waals surface area (Å²) < 4.78 is 6.87. The van der Waals surface area contributed by atoms with Crippen LogP contribution in [0.4, 0.5) is 5.69 Å².